The van der Waals surface area contributed by atoms with Crippen molar-refractivity contribution in [1.29, 1.82) is 0 Å². The first kappa shape index (κ1) is 14.5. The Morgan fingerprint density at radius 2 is 2.08 bits per heavy atom. The number of amides is 1. The molecular weight excluding hydrogens is 318 g/mol. The quantitative estimate of drug-likeness (QED) is 0.734. The molecule has 0 saturated carbocycles. The van der Waals surface area contributed by atoms with Gasteiger partial charge in [-0.2, -0.15) is 4.98 Å². The summed E-state index contributed by atoms with van der Waals surface area (Å²) < 4.78 is 10.6. The minimum atomic E-state index is -0.0345. The summed E-state index contributed by atoms with van der Waals surface area (Å²) in [5.41, 5.74) is 2.63. The van der Waals surface area contributed by atoms with Gasteiger partial charge in [-0.3, -0.25) is 4.79 Å². The van der Waals surface area contributed by atoms with Crippen LogP contribution in [0.25, 0.3) is 11.7 Å². The first-order valence-electron chi connectivity index (χ1n) is 8.54. The Hall–Kier alpha value is -2.89. The number of likely N-dealkylation sites (tertiary alicyclic amines) is 1. The molecule has 0 spiro atoms. The first-order valence-corrected chi connectivity index (χ1v) is 8.54. The minimum Gasteiger partial charge on any atom is -0.459 e. The number of hydrogen-bond acceptors (Lipinski definition) is 5. The highest BCUT2D eigenvalue weighted by Gasteiger charge is 2.40. The lowest BCUT2D eigenvalue weighted by Gasteiger charge is -2.25. The summed E-state index contributed by atoms with van der Waals surface area (Å²) in [7, 11) is 0. The third-order valence-electron chi connectivity index (χ3n) is 5.17. The van der Waals surface area contributed by atoms with Gasteiger partial charge >= 0.3 is 0 Å². The maximum atomic E-state index is 12.6. The fourth-order valence-electron chi connectivity index (χ4n) is 3.97. The summed E-state index contributed by atoms with van der Waals surface area (Å²) in [6.45, 7) is 0.634. The second-order valence-electron chi connectivity index (χ2n) is 6.64. The Kier molecular flexibility index (Phi) is 3.23. The molecule has 126 valence electrons. The molecule has 1 aromatic carbocycles. The van der Waals surface area contributed by atoms with E-state index in [0.717, 1.165) is 12.8 Å². The molecule has 5 rings (SSSR count). The molecule has 2 unspecified atom stereocenters. The van der Waals surface area contributed by atoms with Gasteiger partial charge in [-0.05, 0) is 36.1 Å². The van der Waals surface area contributed by atoms with Crippen molar-refractivity contribution in [2.24, 2.45) is 0 Å². The number of benzene rings is 1. The van der Waals surface area contributed by atoms with E-state index in [1.165, 1.54) is 11.1 Å². The van der Waals surface area contributed by atoms with Crippen molar-refractivity contribution in [3.8, 4) is 11.7 Å². The van der Waals surface area contributed by atoms with Gasteiger partial charge in [-0.1, -0.05) is 29.4 Å². The predicted octanol–water partition coefficient (Wildman–Crippen LogP) is 3.33. The summed E-state index contributed by atoms with van der Waals surface area (Å²) >= 11 is 0. The van der Waals surface area contributed by atoms with Crippen LogP contribution in [0.5, 0.6) is 0 Å². The fourth-order valence-corrected chi connectivity index (χ4v) is 3.97. The molecule has 1 saturated heterocycles. The van der Waals surface area contributed by atoms with Crippen molar-refractivity contribution in [2.45, 2.75) is 31.2 Å². The lowest BCUT2D eigenvalue weighted by Crippen LogP contribution is -2.28. The molecule has 3 aromatic rings. The fraction of sp³-hybridized carbons (Fsp3) is 0.316. The number of furan rings is 1. The van der Waals surface area contributed by atoms with Crippen molar-refractivity contribution < 1.29 is 13.7 Å². The monoisotopic (exact) mass is 335 g/mol. The van der Waals surface area contributed by atoms with Gasteiger partial charge < -0.3 is 13.8 Å². The number of carbonyl (C=O) groups is 1. The molecule has 3 heterocycles. The van der Waals surface area contributed by atoms with Gasteiger partial charge in [-0.15, -0.1) is 0 Å². The third kappa shape index (κ3) is 2.36. The van der Waals surface area contributed by atoms with Crippen molar-refractivity contribution in [2.75, 3.05) is 6.54 Å². The van der Waals surface area contributed by atoms with Crippen LogP contribution in [0.3, 0.4) is 0 Å². The summed E-state index contributed by atoms with van der Waals surface area (Å²) in [5.74, 6) is 1.61. The van der Waals surface area contributed by atoms with Crippen LogP contribution in [0.4, 0.5) is 0 Å². The van der Waals surface area contributed by atoms with Crippen LogP contribution in [0.15, 0.2) is 51.6 Å². The van der Waals surface area contributed by atoms with E-state index >= 15 is 0 Å². The molecule has 25 heavy (non-hydrogen) atoms. The second-order valence-corrected chi connectivity index (χ2v) is 6.64. The van der Waals surface area contributed by atoms with E-state index in [1.807, 2.05) is 11.0 Å². The average Bonchev–Trinajstić information content (AvgIpc) is 3.40. The molecule has 6 nitrogen and oxygen atoms in total. The lowest BCUT2D eigenvalue weighted by molar-refractivity contribution is -0.129. The van der Waals surface area contributed by atoms with Gasteiger partial charge in [0.15, 0.2) is 11.6 Å². The van der Waals surface area contributed by atoms with Crippen LogP contribution in [-0.2, 0) is 11.2 Å². The molecule has 1 aliphatic heterocycles. The Morgan fingerprint density at radius 1 is 1.16 bits per heavy atom. The maximum absolute atomic E-state index is 12.6. The summed E-state index contributed by atoms with van der Waals surface area (Å²) in [6, 6.07) is 12.1. The molecule has 2 aliphatic rings. The molecule has 1 amide bonds. The number of rotatable bonds is 3. The van der Waals surface area contributed by atoms with Crippen LogP contribution in [0, 0.1) is 0 Å². The van der Waals surface area contributed by atoms with E-state index in [9.17, 15) is 4.79 Å². The molecule has 2 aromatic heterocycles. The van der Waals surface area contributed by atoms with E-state index in [0.29, 0.717) is 30.4 Å². The van der Waals surface area contributed by atoms with Gasteiger partial charge in [0.25, 0.3) is 5.89 Å². The van der Waals surface area contributed by atoms with E-state index in [1.54, 1.807) is 18.4 Å². The maximum Gasteiger partial charge on any atom is 0.293 e. The normalized spacial score (nSPS) is 22.6. The Bertz CT molecular complexity index is 916. The molecule has 1 aliphatic carbocycles. The van der Waals surface area contributed by atoms with E-state index in [4.69, 9.17) is 8.94 Å². The third-order valence-corrected chi connectivity index (χ3v) is 5.17. The molecule has 2 atom stereocenters. The number of aryl methyl sites for hydroxylation is 1. The molecular formula is C19H17N3O3. The molecule has 0 bridgehead atoms. The predicted molar refractivity (Wildman–Crippen MR) is 88.6 cm³/mol. The number of nitrogens with zero attached hydrogens (tertiary/aromatic N) is 3. The van der Waals surface area contributed by atoms with Crippen LogP contribution in [0.1, 0.15) is 41.8 Å². The largest absolute Gasteiger partial charge is 0.459 e. The van der Waals surface area contributed by atoms with Crippen molar-refractivity contribution in [3.63, 3.8) is 0 Å². The summed E-state index contributed by atoms with van der Waals surface area (Å²) in [5, 5.41) is 4.07. The minimum absolute atomic E-state index is 0.0345. The first-order chi connectivity index (χ1) is 12.3. The Labute approximate surface area is 144 Å². The molecule has 1 fully saturated rings. The van der Waals surface area contributed by atoms with Crippen LogP contribution >= 0.6 is 0 Å². The number of aromatic nitrogens is 2. The van der Waals surface area contributed by atoms with Gasteiger partial charge in [0.1, 0.15) is 0 Å². The lowest BCUT2D eigenvalue weighted by atomic mass is 10.1. The van der Waals surface area contributed by atoms with Gasteiger partial charge in [0.2, 0.25) is 5.91 Å². The van der Waals surface area contributed by atoms with E-state index in [-0.39, 0.29) is 17.9 Å². The van der Waals surface area contributed by atoms with E-state index in [2.05, 4.69) is 28.3 Å². The number of carbonyl (C=O) groups excluding carboxylic acids is 1. The summed E-state index contributed by atoms with van der Waals surface area (Å²) in [6.07, 6.45) is 4.01. The number of fused-ring (bicyclic) bond motifs is 1. The van der Waals surface area contributed by atoms with Crippen LogP contribution < -0.4 is 0 Å². The van der Waals surface area contributed by atoms with Gasteiger partial charge in [-0.25, -0.2) is 0 Å². The van der Waals surface area contributed by atoms with Crippen molar-refractivity contribution in [3.05, 3.63) is 59.6 Å². The molecule has 0 N–H and O–H groups in total. The van der Waals surface area contributed by atoms with Crippen LogP contribution in [0.2, 0.25) is 0 Å². The average molecular weight is 335 g/mol. The summed E-state index contributed by atoms with van der Waals surface area (Å²) in [4.78, 5) is 19.0. The Balaban J connectivity index is 1.38. The SMILES string of the molecule is O=C1CC(c2noc(-c3ccco3)n2)CN1C1CCc2ccccc21. The van der Waals surface area contributed by atoms with Crippen molar-refractivity contribution in [1.82, 2.24) is 15.0 Å². The zero-order chi connectivity index (χ0) is 16.8. The van der Waals surface area contributed by atoms with Gasteiger partial charge in [0.05, 0.1) is 12.3 Å². The second kappa shape index (κ2) is 5.58. The topological polar surface area (TPSA) is 72.4 Å². The zero-order valence-corrected chi connectivity index (χ0v) is 13.6. The highest BCUT2D eigenvalue weighted by molar-refractivity contribution is 5.80. The Morgan fingerprint density at radius 3 is 2.96 bits per heavy atom. The molecule has 0 radical (unpaired) electrons. The van der Waals surface area contributed by atoms with Crippen LogP contribution in [-0.4, -0.2) is 27.5 Å². The van der Waals surface area contributed by atoms with E-state index < -0.39 is 0 Å². The highest BCUT2D eigenvalue weighted by atomic mass is 16.5. The number of hydrogen-bond donors (Lipinski definition) is 0. The highest BCUT2D eigenvalue weighted by Crippen LogP contribution is 2.40. The smallest absolute Gasteiger partial charge is 0.293 e. The van der Waals surface area contributed by atoms with Crippen molar-refractivity contribution >= 4 is 5.91 Å². The zero-order valence-electron chi connectivity index (χ0n) is 13.6. The molecule has 6 heteroatoms. The standard InChI is InChI=1S/C19H17N3O3/c23-17-10-13(18-20-19(25-21-18)16-6-3-9-24-16)11-22(17)15-8-7-12-4-1-2-5-14(12)15/h1-6,9,13,15H,7-8,10-11H2. The van der Waals surface area contributed by atoms with Gasteiger partial charge in [0, 0.05) is 18.9 Å².